The van der Waals surface area contributed by atoms with Crippen LogP contribution in [0.1, 0.15) is 24.8 Å². The molecule has 0 saturated carbocycles. The number of hydrogen-bond donors (Lipinski definition) is 0. The Morgan fingerprint density at radius 2 is 1.88 bits per heavy atom. The molecule has 1 aromatic rings. The summed E-state index contributed by atoms with van der Waals surface area (Å²) < 4.78 is 13.4. The van der Waals surface area contributed by atoms with Crippen LogP contribution in [0.25, 0.3) is 0 Å². The molecule has 0 bridgehead atoms. The Kier molecular flexibility index (Phi) is 3.52. The fraction of sp³-hybridized carbons (Fsp3) is 0.385. The van der Waals surface area contributed by atoms with E-state index in [0.29, 0.717) is 24.9 Å². The van der Waals surface area contributed by atoms with Crippen LogP contribution in [0.3, 0.4) is 0 Å². The Morgan fingerprint density at radius 3 is 2.65 bits per heavy atom. The molecule has 1 heterocycles. The molecule has 0 spiro atoms. The second-order valence-corrected chi connectivity index (χ2v) is 4.20. The van der Waals surface area contributed by atoms with Crippen molar-refractivity contribution in [3.63, 3.8) is 0 Å². The van der Waals surface area contributed by atoms with Crippen LogP contribution in [0.4, 0.5) is 4.39 Å². The highest BCUT2D eigenvalue weighted by Crippen LogP contribution is 2.14. The van der Waals surface area contributed by atoms with E-state index in [1.807, 2.05) is 0 Å². The molecule has 3 nitrogen and oxygen atoms in total. The number of halogens is 1. The van der Waals surface area contributed by atoms with Crippen LogP contribution in [0.15, 0.2) is 24.3 Å². The normalized spacial score (nSPS) is 17.1. The van der Waals surface area contributed by atoms with Crippen molar-refractivity contribution in [1.82, 2.24) is 4.90 Å². The van der Waals surface area contributed by atoms with Gasteiger partial charge in [0.15, 0.2) is 0 Å². The summed E-state index contributed by atoms with van der Waals surface area (Å²) in [6.07, 6.45) is 0.931. The summed E-state index contributed by atoms with van der Waals surface area (Å²) in [5.74, 6) is -0.274. The fourth-order valence-electron chi connectivity index (χ4n) is 1.91. The van der Waals surface area contributed by atoms with E-state index in [2.05, 4.69) is 0 Å². The number of carbonyl (C=O) groups is 2. The maximum absolute atomic E-state index is 13.4. The SMILES string of the molecule is O=C1CCC(=O)N(Cc2ccccc2F)CC1. The standard InChI is InChI=1S/C13H14FNO2/c14-12-4-2-1-3-10(12)9-15-8-7-11(16)5-6-13(15)17/h1-4H,5-9H2. The van der Waals surface area contributed by atoms with E-state index in [0.717, 1.165) is 0 Å². The molecule has 0 unspecified atom stereocenters. The van der Waals surface area contributed by atoms with Gasteiger partial charge < -0.3 is 4.90 Å². The van der Waals surface area contributed by atoms with Crippen molar-refractivity contribution in [2.24, 2.45) is 0 Å². The lowest BCUT2D eigenvalue weighted by molar-refractivity contribution is -0.131. The quantitative estimate of drug-likeness (QED) is 0.785. The van der Waals surface area contributed by atoms with Crippen molar-refractivity contribution >= 4 is 11.7 Å². The van der Waals surface area contributed by atoms with Gasteiger partial charge in [-0.15, -0.1) is 0 Å². The van der Waals surface area contributed by atoms with Gasteiger partial charge >= 0.3 is 0 Å². The maximum atomic E-state index is 13.4. The smallest absolute Gasteiger partial charge is 0.223 e. The third kappa shape index (κ3) is 2.90. The monoisotopic (exact) mass is 235 g/mol. The van der Waals surface area contributed by atoms with E-state index in [-0.39, 0.29) is 30.5 Å². The minimum absolute atomic E-state index is 0.0703. The van der Waals surface area contributed by atoms with Crippen molar-refractivity contribution in [3.8, 4) is 0 Å². The van der Waals surface area contributed by atoms with Crippen molar-refractivity contribution in [1.29, 1.82) is 0 Å². The fourth-order valence-corrected chi connectivity index (χ4v) is 1.91. The number of nitrogens with zero attached hydrogens (tertiary/aromatic N) is 1. The van der Waals surface area contributed by atoms with Gasteiger partial charge in [-0.3, -0.25) is 9.59 Å². The van der Waals surface area contributed by atoms with Gasteiger partial charge in [0, 0.05) is 37.9 Å². The van der Waals surface area contributed by atoms with Crippen molar-refractivity contribution in [2.45, 2.75) is 25.8 Å². The summed E-state index contributed by atoms with van der Waals surface area (Å²) in [6, 6.07) is 6.40. The molecule has 2 rings (SSSR count). The van der Waals surface area contributed by atoms with Crippen LogP contribution in [0, 0.1) is 5.82 Å². The lowest BCUT2D eigenvalue weighted by Gasteiger charge is -2.20. The third-order valence-electron chi connectivity index (χ3n) is 2.95. The Hall–Kier alpha value is -1.71. The molecule has 1 aromatic carbocycles. The van der Waals surface area contributed by atoms with Gasteiger partial charge in [0.25, 0.3) is 0 Å². The number of benzene rings is 1. The summed E-state index contributed by atoms with van der Waals surface area (Å²) in [6.45, 7) is 0.644. The molecular weight excluding hydrogens is 221 g/mol. The highest BCUT2D eigenvalue weighted by Gasteiger charge is 2.21. The minimum atomic E-state index is -0.309. The predicted octanol–water partition coefficient (Wildman–Crippen LogP) is 1.91. The number of hydrogen-bond acceptors (Lipinski definition) is 2. The van der Waals surface area contributed by atoms with Crippen molar-refractivity contribution < 1.29 is 14.0 Å². The first-order valence-electron chi connectivity index (χ1n) is 5.69. The summed E-state index contributed by atoms with van der Waals surface area (Å²) >= 11 is 0. The van der Waals surface area contributed by atoms with Crippen molar-refractivity contribution in [2.75, 3.05) is 6.54 Å². The van der Waals surface area contributed by atoms with Crippen LogP contribution in [0.2, 0.25) is 0 Å². The topological polar surface area (TPSA) is 37.4 Å². The highest BCUT2D eigenvalue weighted by atomic mass is 19.1. The first-order chi connectivity index (χ1) is 8.16. The average molecular weight is 235 g/mol. The summed E-state index contributed by atoms with van der Waals surface area (Å²) in [4.78, 5) is 24.5. The molecule has 1 fully saturated rings. The molecule has 0 radical (unpaired) electrons. The number of likely N-dealkylation sites (tertiary alicyclic amines) is 1. The van der Waals surface area contributed by atoms with Gasteiger partial charge in [-0.25, -0.2) is 4.39 Å². The molecule has 0 atom stereocenters. The Morgan fingerprint density at radius 1 is 1.12 bits per heavy atom. The van der Waals surface area contributed by atoms with Crippen LogP contribution >= 0.6 is 0 Å². The van der Waals surface area contributed by atoms with Gasteiger partial charge in [0.2, 0.25) is 5.91 Å². The molecule has 1 amide bonds. The van der Waals surface area contributed by atoms with Crippen LogP contribution in [-0.4, -0.2) is 23.1 Å². The first-order valence-corrected chi connectivity index (χ1v) is 5.69. The number of Topliss-reactive ketones (excluding diaryl/α,β-unsaturated/α-hetero) is 1. The predicted molar refractivity (Wildman–Crippen MR) is 60.7 cm³/mol. The average Bonchev–Trinajstić information content (AvgIpc) is 2.47. The van der Waals surface area contributed by atoms with Crippen molar-refractivity contribution in [3.05, 3.63) is 35.6 Å². The summed E-state index contributed by atoms with van der Waals surface area (Å²) in [5, 5.41) is 0. The molecule has 0 aromatic heterocycles. The van der Waals surface area contributed by atoms with E-state index in [1.165, 1.54) is 6.07 Å². The summed E-state index contributed by atoms with van der Waals surface area (Å²) in [5.41, 5.74) is 0.496. The molecule has 1 aliphatic heterocycles. The van der Waals surface area contributed by atoms with E-state index in [1.54, 1.807) is 23.1 Å². The lowest BCUT2D eigenvalue weighted by atomic mass is 10.2. The Labute approximate surface area is 99.2 Å². The number of amides is 1. The first kappa shape index (κ1) is 11.8. The van der Waals surface area contributed by atoms with Gasteiger partial charge in [0.05, 0.1) is 0 Å². The number of carbonyl (C=O) groups excluding carboxylic acids is 2. The maximum Gasteiger partial charge on any atom is 0.223 e. The highest BCUT2D eigenvalue weighted by molar-refractivity contribution is 5.87. The van der Waals surface area contributed by atoms with E-state index in [9.17, 15) is 14.0 Å². The van der Waals surface area contributed by atoms with Crippen LogP contribution in [-0.2, 0) is 16.1 Å². The second kappa shape index (κ2) is 5.08. The molecular formula is C13H14FNO2. The molecule has 17 heavy (non-hydrogen) atoms. The molecule has 1 aliphatic rings. The molecule has 4 heteroatoms. The molecule has 0 N–H and O–H groups in total. The number of rotatable bonds is 2. The van der Waals surface area contributed by atoms with Gasteiger partial charge in [-0.1, -0.05) is 18.2 Å². The molecule has 0 aliphatic carbocycles. The zero-order chi connectivity index (χ0) is 12.3. The van der Waals surface area contributed by atoms with E-state index < -0.39 is 0 Å². The molecule has 1 saturated heterocycles. The van der Waals surface area contributed by atoms with E-state index in [4.69, 9.17) is 0 Å². The third-order valence-corrected chi connectivity index (χ3v) is 2.95. The zero-order valence-electron chi connectivity index (χ0n) is 9.49. The van der Waals surface area contributed by atoms with Crippen LogP contribution < -0.4 is 0 Å². The summed E-state index contributed by atoms with van der Waals surface area (Å²) in [7, 11) is 0. The largest absolute Gasteiger partial charge is 0.338 e. The minimum Gasteiger partial charge on any atom is -0.338 e. The second-order valence-electron chi connectivity index (χ2n) is 4.20. The Balaban J connectivity index is 2.10. The van der Waals surface area contributed by atoms with Crippen LogP contribution in [0.5, 0.6) is 0 Å². The molecule has 90 valence electrons. The lowest BCUT2D eigenvalue weighted by Crippen LogP contribution is -2.30. The zero-order valence-corrected chi connectivity index (χ0v) is 9.49. The van der Waals surface area contributed by atoms with Gasteiger partial charge in [-0.05, 0) is 6.07 Å². The number of ketones is 1. The van der Waals surface area contributed by atoms with Gasteiger partial charge in [-0.2, -0.15) is 0 Å². The Bertz CT molecular complexity index is 445. The van der Waals surface area contributed by atoms with E-state index >= 15 is 0 Å². The van der Waals surface area contributed by atoms with Gasteiger partial charge in [0.1, 0.15) is 11.6 Å².